The van der Waals surface area contributed by atoms with E-state index in [1.807, 2.05) is 19.1 Å². The number of rotatable bonds is 6. The van der Waals surface area contributed by atoms with Crippen molar-refractivity contribution < 1.29 is 24.2 Å². The van der Waals surface area contributed by atoms with Gasteiger partial charge in [0.15, 0.2) is 6.10 Å². The molecule has 0 radical (unpaired) electrons. The van der Waals surface area contributed by atoms with Gasteiger partial charge in [-0.15, -0.1) is 0 Å². The first kappa shape index (κ1) is 19.7. The Balaban J connectivity index is 1.93. The summed E-state index contributed by atoms with van der Waals surface area (Å²) in [7, 11) is 0. The molecule has 1 aliphatic rings. The number of hydrogen-bond donors (Lipinski definition) is 1. The number of carboxylic acid groups (broad SMARTS) is 1. The van der Waals surface area contributed by atoms with Gasteiger partial charge >= 0.3 is 5.97 Å². The van der Waals surface area contributed by atoms with Gasteiger partial charge in [0.05, 0.1) is 10.6 Å². The van der Waals surface area contributed by atoms with Gasteiger partial charge in [-0.25, -0.2) is 9.69 Å². The lowest BCUT2D eigenvalue weighted by Crippen LogP contribution is -2.28. The van der Waals surface area contributed by atoms with Gasteiger partial charge in [0.25, 0.3) is 11.1 Å². The van der Waals surface area contributed by atoms with Gasteiger partial charge in [0.1, 0.15) is 5.75 Å². The number of amides is 2. The molecular formula is C21H19NO5S. The Morgan fingerprint density at radius 3 is 2.54 bits per heavy atom. The minimum atomic E-state index is -1.06. The maximum atomic E-state index is 12.9. The second-order valence-corrected chi connectivity index (χ2v) is 7.19. The summed E-state index contributed by atoms with van der Waals surface area (Å²) in [4.78, 5) is 38.0. The number of para-hydroxylation sites is 2. The normalized spacial score (nSPS) is 16.5. The monoisotopic (exact) mass is 397 g/mol. The second kappa shape index (κ2) is 8.31. The molecule has 1 saturated heterocycles. The van der Waals surface area contributed by atoms with Crippen LogP contribution in [0.4, 0.5) is 10.5 Å². The number of imide groups is 1. The number of benzene rings is 2. The quantitative estimate of drug-likeness (QED) is 0.724. The summed E-state index contributed by atoms with van der Waals surface area (Å²) in [5.74, 6) is -1.12. The van der Waals surface area contributed by atoms with Crippen molar-refractivity contribution in [3.63, 3.8) is 0 Å². The van der Waals surface area contributed by atoms with E-state index in [0.29, 0.717) is 23.4 Å². The number of carboxylic acids is 1. The Labute approximate surface area is 166 Å². The highest BCUT2D eigenvalue weighted by atomic mass is 32.2. The van der Waals surface area contributed by atoms with Crippen LogP contribution in [-0.4, -0.2) is 28.3 Å². The van der Waals surface area contributed by atoms with Crippen LogP contribution in [0, 0.1) is 6.92 Å². The van der Waals surface area contributed by atoms with Gasteiger partial charge < -0.3 is 9.84 Å². The molecule has 1 heterocycles. The zero-order valence-electron chi connectivity index (χ0n) is 15.4. The van der Waals surface area contributed by atoms with Crippen LogP contribution in [-0.2, 0) is 9.59 Å². The number of hydrogen-bond acceptors (Lipinski definition) is 5. The van der Waals surface area contributed by atoms with E-state index in [-0.39, 0.29) is 10.1 Å². The maximum absolute atomic E-state index is 12.9. The molecule has 6 nitrogen and oxygen atoms in total. The average Bonchev–Trinajstić information content (AvgIpc) is 2.94. The van der Waals surface area contributed by atoms with E-state index in [1.165, 1.54) is 0 Å². The lowest BCUT2D eigenvalue weighted by Gasteiger charge is -2.15. The van der Waals surface area contributed by atoms with Crippen molar-refractivity contribution in [3.8, 4) is 5.75 Å². The van der Waals surface area contributed by atoms with E-state index in [4.69, 9.17) is 4.74 Å². The van der Waals surface area contributed by atoms with Crippen molar-refractivity contribution in [1.82, 2.24) is 0 Å². The summed E-state index contributed by atoms with van der Waals surface area (Å²) in [5, 5.41) is 8.85. The van der Waals surface area contributed by atoms with Crippen LogP contribution >= 0.6 is 11.8 Å². The van der Waals surface area contributed by atoms with Gasteiger partial charge in [-0.2, -0.15) is 0 Å². The molecule has 0 saturated carbocycles. The van der Waals surface area contributed by atoms with E-state index >= 15 is 0 Å². The molecular weight excluding hydrogens is 378 g/mol. The Kier molecular flexibility index (Phi) is 5.84. The first-order valence-electron chi connectivity index (χ1n) is 8.74. The van der Waals surface area contributed by atoms with Crippen LogP contribution in [0.1, 0.15) is 24.5 Å². The highest BCUT2D eigenvalue weighted by Crippen LogP contribution is 2.38. The molecule has 1 atom stereocenters. The van der Waals surface area contributed by atoms with E-state index in [2.05, 4.69) is 0 Å². The summed E-state index contributed by atoms with van der Waals surface area (Å²) in [6.07, 6.45) is 0.872. The Bertz CT molecular complexity index is 969. The molecule has 144 valence electrons. The third-order valence-electron chi connectivity index (χ3n) is 4.27. The van der Waals surface area contributed by atoms with Crippen LogP contribution in [0.25, 0.3) is 6.08 Å². The number of thioether (sulfide) groups is 1. The zero-order valence-corrected chi connectivity index (χ0v) is 16.2. The molecule has 0 bridgehead atoms. The minimum absolute atomic E-state index is 0.257. The van der Waals surface area contributed by atoms with Crippen molar-refractivity contribution in [1.29, 1.82) is 0 Å². The SMILES string of the molecule is CCC(Oc1ccccc1/C=C1/SC(=O)N(c2ccccc2C)C1=O)C(=O)O. The lowest BCUT2D eigenvalue weighted by molar-refractivity contribution is -0.145. The molecule has 2 aromatic rings. The van der Waals surface area contributed by atoms with E-state index in [1.54, 1.807) is 49.4 Å². The predicted octanol–water partition coefficient (Wildman–Crippen LogP) is 4.48. The summed E-state index contributed by atoms with van der Waals surface area (Å²) in [6, 6.07) is 14.0. The number of nitrogens with zero attached hydrogens (tertiary/aromatic N) is 1. The largest absolute Gasteiger partial charge is 0.479 e. The number of carbonyl (C=O) groups excluding carboxylic acids is 2. The smallest absolute Gasteiger partial charge is 0.344 e. The third-order valence-corrected chi connectivity index (χ3v) is 5.14. The molecule has 2 aromatic carbocycles. The zero-order chi connectivity index (χ0) is 20.3. The standard InChI is InChI=1S/C21H19NO5S/c1-3-16(20(24)25)27-17-11-7-5-9-14(17)12-18-19(23)22(21(26)28-18)15-10-6-4-8-13(15)2/h4-12,16H,3H2,1-2H3,(H,24,25)/b18-12+. The first-order valence-corrected chi connectivity index (χ1v) is 9.56. The maximum Gasteiger partial charge on any atom is 0.344 e. The van der Waals surface area contributed by atoms with Gasteiger partial charge in [0.2, 0.25) is 0 Å². The van der Waals surface area contributed by atoms with Gasteiger partial charge in [0, 0.05) is 5.56 Å². The topological polar surface area (TPSA) is 83.9 Å². The predicted molar refractivity (Wildman–Crippen MR) is 108 cm³/mol. The molecule has 28 heavy (non-hydrogen) atoms. The fraction of sp³-hybridized carbons (Fsp3) is 0.190. The minimum Gasteiger partial charge on any atom is -0.479 e. The molecule has 2 amide bonds. The Morgan fingerprint density at radius 1 is 1.18 bits per heavy atom. The number of ether oxygens (including phenoxy) is 1. The van der Waals surface area contributed by atoms with Crippen LogP contribution in [0.3, 0.4) is 0 Å². The Morgan fingerprint density at radius 2 is 1.86 bits per heavy atom. The number of anilines is 1. The summed E-state index contributed by atoms with van der Waals surface area (Å²) >= 11 is 0.846. The van der Waals surface area contributed by atoms with Gasteiger partial charge in [-0.1, -0.05) is 43.3 Å². The van der Waals surface area contributed by atoms with Crippen LogP contribution in [0.5, 0.6) is 5.75 Å². The molecule has 0 aliphatic carbocycles. The van der Waals surface area contributed by atoms with Crippen LogP contribution in [0.2, 0.25) is 0 Å². The summed E-state index contributed by atoms with van der Waals surface area (Å²) in [6.45, 7) is 3.55. The Hall–Kier alpha value is -3.06. The highest BCUT2D eigenvalue weighted by Gasteiger charge is 2.37. The van der Waals surface area contributed by atoms with Crippen molar-refractivity contribution in [2.75, 3.05) is 4.90 Å². The second-order valence-electron chi connectivity index (χ2n) is 6.19. The molecule has 1 aliphatic heterocycles. The molecule has 0 aromatic heterocycles. The molecule has 3 rings (SSSR count). The van der Waals surface area contributed by atoms with Crippen molar-refractivity contribution in [3.05, 3.63) is 64.6 Å². The average molecular weight is 397 g/mol. The van der Waals surface area contributed by atoms with Crippen LogP contribution in [0.15, 0.2) is 53.4 Å². The molecule has 7 heteroatoms. The molecule has 1 N–H and O–H groups in total. The number of aryl methyl sites for hydroxylation is 1. The number of carbonyl (C=O) groups is 3. The van der Waals surface area contributed by atoms with Crippen molar-refractivity contribution in [2.45, 2.75) is 26.4 Å². The molecule has 1 fully saturated rings. The fourth-order valence-corrected chi connectivity index (χ4v) is 3.62. The van der Waals surface area contributed by atoms with Gasteiger partial charge in [-0.3, -0.25) is 9.59 Å². The molecule has 1 unspecified atom stereocenters. The van der Waals surface area contributed by atoms with Crippen molar-refractivity contribution in [2.24, 2.45) is 0 Å². The van der Waals surface area contributed by atoms with E-state index < -0.39 is 18.0 Å². The number of aliphatic carboxylic acids is 1. The summed E-state index contributed by atoms with van der Waals surface area (Å²) < 4.78 is 5.60. The first-order chi connectivity index (χ1) is 13.4. The third kappa shape index (κ3) is 3.94. The summed E-state index contributed by atoms with van der Waals surface area (Å²) in [5.41, 5.74) is 1.91. The van der Waals surface area contributed by atoms with Crippen LogP contribution < -0.4 is 9.64 Å². The highest BCUT2D eigenvalue weighted by molar-refractivity contribution is 8.19. The van der Waals surface area contributed by atoms with Crippen molar-refractivity contribution >= 4 is 40.6 Å². The molecule has 0 spiro atoms. The fourth-order valence-electron chi connectivity index (χ4n) is 2.80. The van der Waals surface area contributed by atoms with Gasteiger partial charge in [-0.05, 0) is 48.9 Å². The van der Waals surface area contributed by atoms with E-state index in [0.717, 1.165) is 22.2 Å². The lowest BCUT2D eigenvalue weighted by atomic mass is 10.1. The van der Waals surface area contributed by atoms with E-state index in [9.17, 15) is 19.5 Å².